The Bertz CT molecular complexity index is 654. The van der Waals surface area contributed by atoms with E-state index in [9.17, 15) is 9.90 Å². The molecule has 1 unspecified atom stereocenters. The van der Waals surface area contributed by atoms with Gasteiger partial charge in [0.1, 0.15) is 6.04 Å². The Labute approximate surface area is 128 Å². The van der Waals surface area contributed by atoms with E-state index >= 15 is 0 Å². The van der Waals surface area contributed by atoms with Crippen LogP contribution in [-0.2, 0) is 17.8 Å². The molecule has 1 aliphatic rings. The summed E-state index contributed by atoms with van der Waals surface area (Å²) in [4.78, 5) is 13.7. The molecule has 0 radical (unpaired) electrons. The van der Waals surface area contributed by atoms with E-state index in [-0.39, 0.29) is 0 Å². The lowest BCUT2D eigenvalue weighted by molar-refractivity contribution is -0.144. The van der Waals surface area contributed by atoms with Gasteiger partial charge in [0, 0.05) is 18.1 Å². The highest BCUT2D eigenvalue weighted by Gasteiger charge is 2.32. The van der Waals surface area contributed by atoms with E-state index < -0.39 is 12.0 Å². The molecule has 2 aromatic rings. The lowest BCUT2D eigenvalue weighted by atomic mass is 9.92. The Kier molecular flexibility index (Phi) is 3.95. The number of hydrogen-bond acceptors (Lipinski definition) is 2. The molecule has 0 bridgehead atoms. The molecule has 0 saturated carbocycles. The van der Waals surface area contributed by atoms with E-state index in [2.05, 4.69) is 0 Å². The maximum atomic E-state index is 11.7. The molecule has 1 aliphatic heterocycles. The summed E-state index contributed by atoms with van der Waals surface area (Å²) in [6.07, 6.45) is 0.882. The molecule has 3 nitrogen and oxygen atoms in total. The Morgan fingerprint density at radius 2 is 1.90 bits per heavy atom. The normalized spacial score (nSPS) is 18.2. The van der Waals surface area contributed by atoms with E-state index in [0.29, 0.717) is 11.6 Å². The minimum absolute atomic E-state index is 0.578. The molecule has 4 heteroatoms. The summed E-state index contributed by atoms with van der Waals surface area (Å²) < 4.78 is 0. The highest BCUT2D eigenvalue weighted by atomic mass is 35.5. The zero-order valence-corrected chi connectivity index (χ0v) is 12.3. The van der Waals surface area contributed by atoms with E-state index in [1.807, 2.05) is 53.4 Å². The summed E-state index contributed by atoms with van der Waals surface area (Å²) in [7, 11) is 0. The average Bonchev–Trinajstić information content (AvgIpc) is 2.49. The second-order valence-electron chi connectivity index (χ2n) is 5.29. The molecule has 0 fully saturated rings. The van der Waals surface area contributed by atoms with E-state index in [0.717, 1.165) is 29.7 Å². The summed E-state index contributed by atoms with van der Waals surface area (Å²) >= 11 is 5.89. The standard InChI is InChI=1S/C17H16ClNO2/c18-14-7-5-12(6-8-14)11-19-10-9-13-3-1-2-4-15(13)16(19)17(20)21/h1-8,16H,9-11H2,(H,20,21). The molecule has 2 aromatic carbocycles. The Balaban J connectivity index is 1.88. The summed E-state index contributed by atoms with van der Waals surface area (Å²) in [6, 6.07) is 14.8. The number of carbonyl (C=O) groups is 1. The quantitative estimate of drug-likeness (QED) is 0.943. The summed E-state index contributed by atoms with van der Waals surface area (Å²) in [6.45, 7) is 1.36. The van der Waals surface area contributed by atoms with Gasteiger partial charge < -0.3 is 5.11 Å². The number of aliphatic carboxylic acids is 1. The number of halogens is 1. The Morgan fingerprint density at radius 3 is 2.62 bits per heavy atom. The number of fused-ring (bicyclic) bond motifs is 1. The van der Waals surface area contributed by atoms with Crippen molar-refractivity contribution < 1.29 is 9.90 Å². The number of carboxylic acids is 1. The summed E-state index contributed by atoms with van der Waals surface area (Å²) in [5.41, 5.74) is 3.12. The van der Waals surface area contributed by atoms with Crippen molar-refractivity contribution in [1.82, 2.24) is 4.90 Å². The second-order valence-corrected chi connectivity index (χ2v) is 5.72. The van der Waals surface area contributed by atoms with Crippen molar-refractivity contribution in [2.24, 2.45) is 0 Å². The first-order valence-electron chi connectivity index (χ1n) is 6.94. The molecule has 0 amide bonds. The van der Waals surface area contributed by atoms with E-state index in [1.54, 1.807) is 0 Å². The first-order chi connectivity index (χ1) is 10.1. The SMILES string of the molecule is O=C(O)C1c2ccccc2CCN1Cc1ccc(Cl)cc1. The molecule has 3 rings (SSSR count). The average molecular weight is 302 g/mol. The second kappa shape index (κ2) is 5.88. The van der Waals surface area contributed by atoms with Gasteiger partial charge in [-0.1, -0.05) is 48.0 Å². The van der Waals surface area contributed by atoms with Crippen LogP contribution in [-0.4, -0.2) is 22.5 Å². The zero-order chi connectivity index (χ0) is 14.8. The monoisotopic (exact) mass is 301 g/mol. The highest BCUT2D eigenvalue weighted by molar-refractivity contribution is 6.30. The van der Waals surface area contributed by atoms with Gasteiger partial charge in [-0.05, 0) is 35.2 Å². The molecular weight excluding hydrogens is 286 g/mol. The van der Waals surface area contributed by atoms with Gasteiger partial charge in [0.25, 0.3) is 0 Å². The van der Waals surface area contributed by atoms with Crippen molar-refractivity contribution in [3.05, 3.63) is 70.2 Å². The maximum absolute atomic E-state index is 11.7. The van der Waals surface area contributed by atoms with Crippen LogP contribution in [0.5, 0.6) is 0 Å². The van der Waals surface area contributed by atoms with Gasteiger partial charge in [-0.2, -0.15) is 0 Å². The van der Waals surface area contributed by atoms with Gasteiger partial charge in [-0.15, -0.1) is 0 Å². The van der Waals surface area contributed by atoms with Gasteiger partial charge in [0.15, 0.2) is 0 Å². The van der Waals surface area contributed by atoms with Gasteiger partial charge in [0.05, 0.1) is 0 Å². The molecule has 21 heavy (non-hydrogen) atoms. The molecule has 0 aliphatic carbocycles. The third-order valence-electron chi connectivity index (χ3n) is 3.92. The number of carboxylic acid groups (broad SMARTS) is 1. The molecule has 0 saturated heterocycles. The fourth-order valence-electron chi connectivity index (χ4n) is 2.90. The number of hydrogen-bond donors (Lipinski definition) is 1. The van der Waals surface area contributed by atoms with Gasteiger partial charge >= 0.3 is 5.97 Å². The first-order valence-corrected chi connectivity index (χ1v) is 7.32. The van der Waals surface area contributed by atoms with Crippen molar-refractivity contribution in [3.8, 4) is 0 Å². The van der Waals surface area contributed by atoms with Crippen molar-refractivity contribution in [2.75, 3.05) is 6.54 Å². The highest BCUT2D eigenvalue weighted by Crippen LogP contribution is 2.31. The van der Waals surface area contributed by atoms with Crippen molar-refractivity contribution in [1.29, 1.82) is 0 Å². The zero-order valence-electron chi connectivity index (χ0n) is 11.5. The lowest BCUT2D eigenvalue weighted by Crippen LogP contribution is -2.39. The van der Waals surface area contributed by atoms with Gasteiger partial charge in [-0.25, -0.2) is 0 Å². The van der Waals surface area contributed by atoms with E-state index in [1.165, 1.54) is 0 Å². The predicted octanol–water partition coefficient (Wildman–Crippen LogP) is 3.52. The molecule has 1 heterocycles. The minimum atomic E-state index is -0.795. The Hall–Kier alpha value is -1.84. The van der Waals surface area contributed by atoms with Crippen molar-refractivity contribution in [3.63, 3.8) is 0 Å². The Morgan fingerprint density at radius 1 is 1.19 bits per heavy atom. The third kappa shape index (κ3) is 2.94. The predicted molar refractivity (Wildman–Crippen MR) is 82.4 cm³/mol. The molecule has 1 N–H and O–H groups in total. The van der Waals surface area contributed by atoms with E-state index in [4.69, 9.17) is 11.6 Å². The minimum Gasteiger partial charge on any atom is -0.480 e. The number of rotatable bonds is 3. The third-order valence-corrected chi connectivity index (χ3v) is 4.17. The molecule has 0 aromatic heterocycles. The molecule has 0 spiro atoms. The molecule has 108 valence electrons. The van der Waals surface area contributed by atoms with Crippen LogP contribution >= 0.6 is 11.6 Å². The summed E-state index contributed by atoms with van der Waals surface area (Å²) in [5.74, 6) is -0.795. The van der Waals surface area contributed by atoms with Crippen LogP contribution in [0.4, 0.5) is 0 Å². The van der Waals surface area contributed by atoms with Crippen LogP contribution < -0.4 is 0 Å². The summed E-state index contributed by atoms with van der Waals surface area (Å²) in [5, 5.41) is 10.3. The fraction of sp³-hybridized carbons (Fsp3) is 0.235. The van der Waals surface area contributed by atoms with Crippen molar-refractivity contribution >= 4 is 17.6 Å². The fourth-order valence-corrected chi connectivity index (χ4v) is 3.03. The van der Waals surface area contributed by atoms with Crippen LogP contribution in [0, 0.1) is 0 Å². The molecule has 1 atom stereocenters. The maximum Gasteiger partial charge on any atom is 0.325 e. The van der Waals surface area contributed by atoms with Gasteiger partial charge in [0.2, 0.25) is 0 Å². The lowest BCUT2D eigenvalue weighted by Gasteiger charge is -2.34. The first kappa shape index (κ1) is 14.1. The molecular formula is C17H16ClNO2. The number of nitrogens with zero attached hydrogens (tertiary/aromatic N) is 1. The smallest absolute Gasteiger partial charge is 0.325 e. The van der Waals surface area contributed by atoms with Crippen molar-refractivity contribution in [2.45, 2.75) is 19.0 Å². The van der Waals surface area contributed by atoms with Crippen LogP contribution in [0.2, 0.25) is 5.02 Å². The van der Waals surface area contributed by atoms with Crippen LogP contribution in [0.1, 0.15) is 22.7 Å². The topological polar surface area (TPSA) is 40.5 Å². The number of benzene rings is 2. The van der Waals surface area contributed by atoms with Crippen LogP contribution in [0.25, 0.3) is 0 Å². The van der Waals surface area contributed by atoms with Crippen LogP contribution in [0.15, 0.2) is 48.5 Å². The van der Waals surface area contributed by atoms with Gasteiger partial charge in [-0.3, -0.25) is 9.69 Å². The largest absolute Gasteiger partial charge is 0.480 e. The van der Waals surface area contributed by atoms with Crippen LogP contribution in [0.3, 0.4) is 0 Å².